The molecular weight excluding hydrogens is 324 g/mol. The Kier molecular flexibility index (Phi) is 6.39. The second-order valence-electron chi connectivity index (χ2n) is 5.06. The Hall–Kier alpha value is -1.40. The van der Waals surface area contributed by atoms with Crippen molar-refractivity contribution in [2.45, 2.75) is 18.9 Å². The molecule has 120 valence electrons. The van der Waals surface area contributed by atoms with Crippen molar-refractivity contribution in [3.8, 4) is 0 Å². The molecule has 5 nitrogen and oxygen atoms in total. The Labute approximate surface area is 139 Å². The van der Waals surface area contributed by atoms with Gasteiger partial charge in [0.15, 0.2) is 0 Å². The molecule has 1 atom stereocenters. The third kappa shape index (κ3) is 4.81. The van der Waals surface area contributed by atoms with Crippen LogP contribution in [0.5, 0.6) is 0 Å². The highest BCUT2D eigenvalue weighted by molar-refractivity contribution is 7.99. The molecule has 1 aliphatic heterocycles. The number of urea groups is 1. The van der Waals surface area contributed by atoms with E-state index in [1.165, 1.54) is 0 Å². The number of carboxylic acids is 1. The molecule has 1 aromatic carbocycles. The Morgan fingerprint density at radius 1 is 1.36 bits per heavy atom. The van der Waals surface area contributed by atoms with Gasteiger partial charge in [0.25, 0.3) is 0 Å². The summed E-state index contributed by atoms with van der Waals surface area (Å²) in [6.07, 6.45) is 0.506. The minimum absolute atomic E-state index is 0.0236. The lowest BCUT2D eigenvalue weighted by atomic mass is 10.1. The first-order chi connectivity index (χ1) is 10.6. The van der Waals surface area contributed by atoms with Crippen LogP contribution in [0.15, 0.2) is 24.3 Å². The normalized spacial score (nSPS) is 18.0. The second-order valence-corrected chi connectivity index (χ2v) is 6.65. The molecule has 1 saturated heterocycles. The van der Waals surface area contributed by atoms with Gasteiger partial charge in [0.05, 0.1) is 6.04 Å². The Morgan fingerprint density at radius 2 is 2.09 bits per heavy atom. The molecule has 1 aliphatic rings. The van der Waals surface area contributed by atoms with Gasteiger partial charge in [0, 0.05) is 36.0 Å². The number of carbonyl (C=O) groups excluding carboxylic acids is 1. The number of hydrogen-bond acceptors (Lipinski definition) is 3. The Balaban J connectivity index is 1.95. The lowest BCUT2D eigenvalue weighted by Crippen LogP contribution is -2.46. The minimum Gasteiger partial charge on any atom is -0.481 e. The first-order valence-corrected chi connectivity index (χ1v) is 8.70. The highest BCUT2D eigenvalue weighted by atomic mass is 35.5. The van der Waals surface area contributed by atoms with E-state index in [1.807, 2.05) is 40.9 Å². The number of carbonyl (C=O) groups is 2. The van der Waals surface area contributed by atoms with Gasteiger partial charge in [0.2, 0.25) is 0 Å². The lowest BCUT2D eigenvalue weighted by Gasteiger charge is -2.35. The zero-order chi connectivity index (χ0) is 15.9. The molecule has 2 amide bonds. The fourth-order valence-corrected chi connectivity index (χ4v) is 3.56. The van der Waals surface area contributed by atoms with E-state index >= 15 is 0 Å². The van der Waals surface area contributed by atoms with Crippen LogP contribution in [0, 0.1) is 0 Å². The van der Waals surface area contributed by atoms with Crippen molar-refractivity contribution in [3.05, 3.63) is 34.9 Å². The Morgan fingerprint density at radius 3 is 2.77 bits per heavy atom. The fourth-order valence-electron chi connectivity index (χ4n) is 2.34. The predicted octanol–water partition coefficient (Wildman–Crippen LogP) is 3.00. The van der Waals surface area contributed by atoms with E-state index in [9.17, 15) is 9.59 Å². The minimum atomic E-state index is -0.845. The van der Waals surface area contributed by atoms with Gasteiger partial charge in [-0.3, -0.25) is 4.79 Å². The number of benzene rings is 1. The molecule has 1 unspecified atom stereocenters. The number of thioether (sulfide) groups is 1. The number of amides is 2. The molecular formula is C15H19ClN2O3S. The molecule has 22 heavy (non-hydrogen) atoms. The number of halogens is 1. The van der Waals surface area contributed by atoms with Crippen LogP contribution in [0.2, 0.25) is 5.02 Å². The number of nitrogens with one attached hydrogen (secondary N) is 1. The zero-order valence-electron chi connectivity index (χ0n) is 12.1. The molecule has 0 spiro atoms. The molecule has 1 heterocycles. The molecule has 0 aromatic heterocycles. The zero-order valence-corrected chi connectivity index (χ0v) is 13.7. The van der Waals surface area contributed by atoms with Crippen LogP contribution >= 0.6 is 23.4 Å². The summed E-state index contributed by atoms with van der Waals surface area (Å²) in [6.45, 7) is 1.06. The van der Waals surface area contributed by atoms with E-state index in [4.69, 9.17) is 16.7 Å². The van der Waals surface area contributed by atoms with Gasteiger partial charge in [0.1, 0.15) is 0 Å². The number of nitrogens with zero attached hydrogens (tertiary/aromatic N) is 1. The number of rotatable bonds is 5. The third-order valence-corrected chi connectivity index (χ3v) is 4.76. The highest BCUT2D eigenvalue weighted by Gasteiger charge is 2.28. The predicted molar refractivity (Wildman–Crippen MR) is 88.5 cm³/mol. The summed E-state index contributed by atoms with van der Waals surface area (Å²) in [5.74, 6) is 0.916. The van der Waals surface area contributed by atoms with Crippen molar-refractivity contribution in [3.63, 3.8) is 0 Å². The molecule has 1 fully saturated rings. The molecule has 1 aromatic rings. The quantitative estimate of drug-likeness (QED) is 0.807. The summed E-state index contributed by atoms with van der Waals surface area (Å²) in [7, 11) is 0. The van der Waals surface area contributed by atoms with Crippen LogP contribution in [0.4, 0.5) is 4.79 Å². The van der Waals surface area contributed by atoms with Crippen molar-refractivity contribution >= 4 is 35.4 Å². The summed E-state index contributed by atoms with van der Waals surface area (Å²) in [5.41, 5.74) is 1.07. The lowest BCUT2D eigenvalue weighted by molar-refractivity contribution is -0.137. The number of aliphatic carboxylic acids is 1. The van der Waals surface area contributed by atoms with Gasteiger partial charge in [-0.15, -0.1) is 0 Å². The van der Waals surface area contributed by atoms with E-state index in [0.29, 0.717) is 24.5 Å². The van der Waals surface area contributed by atoms with Crippen LogP contribution in [-0.2, 0) is 4.79 Å². The van der Waals surface area contributed by atoms with Gasteiger partial charge in [-0.25, -0.2) is 4.79 Å². The van der Waals surface area contributed by atoms with Gasteiger partial charge in [-0.1, -0.05) is 23.7 Å². The van der Waals surface area contributed by atoms with Crippen LogP contribution in [-0.4, -0.2) is 46.6 Å². The number of hydrogen-bond donors (Lipinski definition) is 2. The molecule has 7 heteroatoms. The monoisotopic (exact) mass is 342 g/mol. The van der Waals surface area contributed by atoms with Crippen LogP contribution < -0.4 is 5.32 Å². The average molecular weight is 343 g/mol. The van der Waals surface area contributed by atoms with Crippen molar-refractivity contribution < 1.29 is 14.7 Å². The first-order valence-electron chi connectivity index (χ1n) is 7.17. The maximum absolute atomic E-state index is 12.3. The Bertz CT molecular complexity index is 524. The van der Waals surface area contributed by atoms with E-state index in [1.54, 1.807) is 0 Å². The van der Waals surface area contributed by atoms with Gasteiger partial charge in [-0.2, -0.15) is 11.8 Å². The van der Waals surface area contributed by atoms with Crippen molar-refractivity contribution in [2.75, 3.05) is 24.6 Å². The standard InChI is InChI=1S/C15H19ClN2O3S/c16-12-5-3-11(4-6-12)13-10-22-9-8-18(13)15(21)17-7-1-2-14(19)20/h3-6,13H,1-2,7-10H2,(H,17,21)(H,19,20). The van der Waals surface area contributed by atoms with Crippen LogP contribution in [0.25, 0.3) is 0 Å². The second kappa shape index (κ2) is 8.29. The summed E-state index contributed by atoms with van der Waals surface area (Å²) in [4.78, 5) is 24.6. The fraction of sp³-hybridized carbons (Fsp3) is 0.467. The van der Waals surface area contributed by atoms with Crippen molar-refractivity contribution in [2.24, 2.45) is 0 Å². The molecule has 2 rings (SSSR count). The topological polar surface area (TPSA) is 69.6 Å². The molecule has 0 aliphatic carbocycles. The van der Waals surface area contributed by atoms with Gasteiger partial charge >= 0.3 is 12.0 Å². The van der Waals surface area contributed by atoms with Gasteiger partial charge < -0.3 is 15.3 Å². The van der Waals surface area contributed by atoms with E-state index < -0.39 is 5.97 Å². The largest absolute Gasteiger partial charge is 0.481 e. The van der Waals surface area contributed by atoms with E-state index in [-0.39, 0.29) is 18.5 Å². The summed E-state index contributed by atoms with van der Waals surface area (Å²) in [5, 5.41) is 12.1. The van der Waals surface area contributed by atoms with E-state index in [0.717, 1.165) is 17.1 Å². The maximum Gasteiger partial charge on any atom is 0.317 e. The van der Waals surface area contributed by atoms with Crippen molar-refractivity contribution in [1.82, 2.24) is 10.2 Å². The number of carboxylic acid groups (broad SMARTS) is 1. The molecule has 0 bridgehead atoms. The van der Waals surface area contributed by atoms with Crippen LogP contribution in [0.1, 0.15) is 24.4 Å². The average Bonchev–Trinajstić information content (AvgIpc) is 2.52. The molecule has 0 saturated carbocycles. The summed E-state index contributed by atoms with van der Waals surface area (Å²) >= 11 is 7.74. The van der Waals surface area contributed by atoms with Crippen molar-refractivity contribution in [1.29, 1.82) is 0 Å². The first kappa shape index (κ1) is 17.0. The maximum atomic E-state index is 12.3. The van der Waals surface area contributed by atoms with Crippen LogP contribution in [0.3, 0.4) is 0 Å². The molecule has 0 radical (unpaired) electrons. The molecule has 2 N–H and O–H groups in total. The summed E-state index contributed by atoms with van der Waals surface area (Å²) in [6, 6.07) is 7.45. The smallest absolute Gasteiger partial charge is 0.317 e. The highest BCUT2D eigenvalue weighted by Crippen LogP contribution is 2.30. The van der Waals surface area contributed by atoms with E-state index in [2.05, 4.69) is 5.32 Å². The third-order valence-electron chi connectivity index (χ3n) is 3.49. The van der Waals surface area contributed by atoms with Gasteiger partial charge in [-0.05, 0) is 24.1 Å². The summed E-state index contributed by atoms with van der Waals surface area (Å²) < 4.78 is 0. The SMILES string of the molecule is O=C(O)CCCNC(=O)N1CCSCC1c1ccc(Cl)cc1.